The van der Waals surface area contributed by atoms with E-state index >= 15 is 0 Å². The number of rotatable bonds is 7. The molecule has 3 nitrogen and oxygen atoms in total. The minimum absolute atomic E-state index is 0.310. The van der Waals surface area contributed by atoms with Crippen molar-refractivity contribution in [3.05, 3.63) is 71.8 Å². The van der Waals surface area contributed by atoms with E-state index in [4.69, 9.17) is 5.11 Å². The highest BCUT2D eigenvalue weighted by Gasteiger charge is 2.25. The Labute approximate surface area is 145 Å². The predicted molar refractivity (Wildman–Crippen MR) is 99.1 cm³/mol. The average molecular weight is 324 g/mol. The highest BCUT2D eigenvalue weighted by molar-refractivity contribution is 5.31. The van der Waals surface area contributed by atoms with Gasteiger partial charge in [-0.25, -0.2) is 0 Å². The standard InChI is InChI=1S/C21H28N2O/c24-18-8-7-13-22-14-16-23(17-15-22)21(19-9-3-1-4-10-19)20-11-5-2-6-12-20/h1-6,9-12,21,24H,7-8,13-18H2. The van der Waals surface area contributed by atoms with Crippen molar-refractivity contribution in [2.75, 3.05) is 39.3 Å². The van der Waals surface area contributed by atoms with E-state index in [2.05, 4.69) is 70.5 Å². The summed E-state index contributed by atoms with van der Waals surface area (Å²) < 4.78 is 0. The highest BCUT2D eigenvalue weighted by Crippen LogP contribution is 2.29. The van der Waals surface area contributed by atoms with Crippen LogP contribution in [-0.4, -0.2) is 54.2 Å². The summed E-state index contributed by atoms with van der Waals surface area (Å²) >= 11 is 0. The second kappa shape index (κ2) is 8.97. The van der Waals surface area contributed by atoms with Gasteiger partial charge >= 0.3 is 0 Å². The maximum Gasteiger partial charge on any atom is 0.0602 e. The lowest BCUT2D eigenvalue weighted by molar-refractivity contribution is 0.107. The third kappa shape index (κ3) is 4.44. The van der Waals surface area contributed by atoms with Gasteiger partial charge in [-0.3, -0.25) is 4.90 Å². The summed E-state index contributed by atoms with van der Waals surface area (Å²) in [5, 5.41) is 8.94. The predicted octanol–water partition coefficient (Wildman–Crippen LogP) is 3.17. The largest absolute Gasteiger partial charge is 0.396 e. The van der Waals surface area contributed by atoms with Crippen LogP contribution in [0.15, 0.2) is 60.7 Å². The number of aliphatic hydroxyl groups is 1. The zero-order chi connectivity index (χ0) is 16.6. The van der Waals surface area contributed by atoms with Crippen molar-refractivity contribution in [3.8, 4) is 0 Å². The van der Waals surface area contributed by atoms with Gasteiger partial charge in [0.15, 0.2) is 0 Å². The second-order valence-corrected chi connectivity index (χ2v) is 6.53. The summed E-state index contributed by atoms with van der Waals surface area (Å²) in [6, 6.07) is 22.0. The molecule has 1 saturated heterocycles. The number of nitrogens with zero attached hydrogens (tertiary/aromatic N) is 2. The van der Waals surface area contributed by atoms with E-state index in [0.29, 0.717) is 12.6 Å². The monoisotopic (exact) mass is 324 g/mol. The van der Waals surface area contributed by atoms with Gasteiger partial charge in [-0.05, 0) is 30.5 Å². The molecule has 0 unspecified atom stereocenters. The first-order valence-electron chi connectivity index (χ1n) is 9.05. The van der Waals surface area contributed by atoms with Crippen LogP contribution in [0.2, 0.25) is 0 Å². The molecule has 1 aliphatic heterocycles. The average Bonchev–Trinajstić information content (AvgIpc) is 2.65. The van der Waals surface area contributed by atoms with Gasteiger partial charge < -0.3 is 10.0 Å². The fourth-order valence-electron chi connectivity index (χ4n) is 3.58. The van der Waals surface area contributed by atoms with Crippen LogP contribution in [0.3, 0.4) is 0 Å². The summed E-state index contributed by atoms with van der Waals surface area (Å²) in [7, 11) is 0. The number of aliphatic hydroxyl groups excluding tert-OH is 1. The van der Waals surface area contributed by atoms with Crippen LogP contribution in [-0.2, 0) is 0 Å². The van der Waals surface area contributed by atoms with E-state index in [1.807, 2.05) is 0 Å². The van der Waals surface area contributed by atoms with Crippen molar-refractivity contribution >= 4 is 0 Å². The molecule has 0 aromatic heterocycles. The molecule has 0 aliphatic carbocycles. The molecular weight excluding hydrogens is 296 g/mol. The molecule has 128 valence electrons. The molecule has 0 bridgehead atoms. The molecule has 3 heteroatoms. The number of piperazine rings is 1. The van der Waals surface area contributed by atoms with Crippen molar-refractivity contribution in [1.29, 1.82) is 0 Å². The van der Waals surface area contributed by atoms with Gasteiger partial charge in [-0.1, -0.05) is 60.7 Å². The Kier molecular flexibility index (Phi) is 6.41. The summed E-state index contributed by atoms with van der Waals surface area (Å²) in [6.07, 6.45) is 2.01. The number of benzene rings is 2. The summed E-state index contributed by atoms with van der Waals surface area (Å²) in [6.45, 7) is 5.82. The molecular formula is C21H28N2O. The highest BCUT2D eigenvalue weighted by atomic mass is 16.2. The van der Waals surface area contributed by atoms with Gasteiger partial charge in [0, 0.05) is 32.8 Å². The van der Waals surface area contributed by atoms with Crippen molar-refractivity contribution < 1.29 is 5.11 Å². The molecule has 0 saturated carbocycles. The fraction of sp³-hybridized carbons (Fsp3) is 0.429. The fourth-order valence-corrected chi connectivity index (χ4v) is 3.58. The third-order valence-corrected chi connectivity index (χ3v) is 4.89. The molecule has 2 aromatic carbocycles. The van der Waals surface area contributed by atoms with E-state index in [9.17, 15) is 0 Å². The van der Waals surface area contributed by atoms with Gasteiger partial charge in [-0.2, -0.15) is 0 Å². The van der Waals surface area contributed by atoms with E-state index in [-0.39, 0.29) is 0 Å². The zero-order valence-corrected chi connectivity index (χ0v) is 14.3. The quantitative estimate of drug-likeness (QED) is 0.793. The SMILES string of the molecule is OCCCCN1CCN(C(c2ccccc2)c2ccccc2)CC1. The van der Waals surface area contributed by atoms with Crippen molar-refractivity contribution in [2.45, 2.75) is 18.9 Å². The molecule has 0 amide bonds. The molecule has 0 radical (unpaired) electrons. The molecule has 24 heavy (non-hydrogen) atoms. The minimum atomic E-state index is 0.310. The number of hydrogen-bond acceptors (Lipinski definition) is 3. The molecule has 1 aliphatic rings. The van der Waals surface area contributed by atoms with Gasteiger partial charge in [-0.15, -0.1) is 0 Å². The van der Waals surface area contributed by atoms with Crippen LogP contribution in [0.25, 0.3) is 0 Å². The summed E-state index contributed by atoms with van der Waals surface area (Å²) in [5.41, 5.74) is 2.75. The van der Waals surface area contributed by atoms with E-state index in [0.717, 1.165) is 45.6 Å². The maximum absolute atomic E-state index is 8.94. The molecule has 2 aromatic rings. The van der Waals surface area contributed by atoms with Crippen LogP contribution in [0.1, 0.15) is 30.0 Å². The van der Waals surface area contributed by atoms with Gasteiger partial charge in [0.05, 0.1) is 6.04 Å². The number of hydrogen-bond donors (Lipinski definition) is 1. The van der Waals surface area contributed by atoms with Crippen LogP contribution >= 0.6 is 0 Å². The smallest absolute Gasteiger partial charge is 0.0602 e. The summed E-state index contributed by atoms with van der Waals surface area (Å²) in [4.78, 5) is 5.13. The Hall–Kier alpha value is -1.68. The molecule has 0 spiro atoms. The number of unbranched alkanes of at least 4 members (excludes halogenated alkanes) is 1. The summed E-state index contributed by atoms with van der Waals surface area (Å²) in [5.74, 6) is 0. The van der Waals surface area contributed by atoms with Crippen molar-refractivity contribution in [3.63, 3.8) is 0 Å². The molecule has 1 heterocycles. The van der Waals surface area contributed by atoms with Gasteiger partial charge in [0.1, 0.15) is 0 Å². The van der Waals surface area contributed by atoms with E-state index < -0.39 is 0 Å². The van der Waals surface area contributed by atoms with Crippen LogP contribution in [0.4, 0.5) is 0 Å². The second-order valence-electron chi connectivity index (χ2n) is 6.53. The first-order valence-corrected chi connectivity index (χ1v) is 9.05. The molecule has 1 N–H and O–H groups in total. The van der Waals surface area contributed by atoms with Crippen molar-refractivity contribution in [2.24, 2.45) is 0 Å². The third-order valence-electron chi connectivity index (χ3n) is 4.89. The van der Waals surface area contributed by atoms with Gasteiger partial charge in [0.25, 0.3) is 0 Å². The molecule has 1 fully saturated rings. The lowest BCUT2D eigenvalue weighted by Crippen LogP contribution is -2.48. The zero-order valence-electron chi connectivity index (χ0n) is 14.3. The Bertz CT molecular complexity index is 540. The Morgan fingerprint density at radius 2 is 1.29 bits per heavy atom. The van der Waals surface area contributed by atoms with Crippen LogP contribution < -0.4 is 0 Å². The Morgan fingerprint density at radius 3 is 1.79 bits per heavy atom. The van der Waals surface area contributed by atoms with Gasteiger partial charge in [0.2, 0.25) is 0 Å². The lowest BCUT2D eigenvalue weighted by Gasteiger charge is -2.39. The normalized spacial score (nSPS) is 16.6. The minimum Gasteiger partial charge on any atom is -0.396 e. The van der Waals surface area contributed by atoms with Crippen LogP contribution in [0, 0.1) is 0 Å². The molecule has 3 rings (SSSR count). The maximum atomic E-state index is 8.94. The molecule has 0 atom stereocenters. The topological polar surface area (TPSA) is 26.7 Å². The lowest BCUT2D eigenvalue weighted by atomic mass is 9.96. The first kappa shape index (κ1) is 17.2. The van der Waals surface area contributed by atoms with Crippen molar-refractivity contribution in [1.82, 2.24) is 9.80 Å². The Morgan fingerprint density at radius 1 is 0.750 bits per heavy atom. The Balaban J connectivity index is 1.69. The van der Waals surface area contributed by atoms with E-state index in [1.54, 1.807) is 0 Å². The van der Waals surface area contributed by atoms with Crippen LogP contribution in [0.5, 0.6) is 0 Å². The first-order chi connectivity index (χ1) is 11.9. The van der Waals surface area contributed by atoms with E-state index in [1.165, 1.54) is 11.1 Å².